The molecule has 82 valence electrons. The smallest absolute Gasteiger partial charge is 0.273 e. The van der Waals surface area contributed by atoms with Crippen molar-refractivity contribution in [3.63, 3.8) is 0 Å². The topological polar surface area (TPSA) is 59.8 Å². The zero-order chi connectivity index (χ0) is 11.5. The van der Waals surface area contributed by atoms with Crippen LogP contribution in [0.3, 0.4) is 0 Å². The van der Waals surface area contributed by atoms with Gasteiger partial charge in [0.2, 0.25) is 0 Å². The van der Waals surface area contributed by atoms with E-state index in [4.69, 9.17) is 0 Å². The highest BCUT2D eigenvalue weighted by atomic mass is 79.9. The number of carbonyl (C=O) groups excluding carboxylic acids is 1. The van der Waals surface area contributed by atoms with E-state index >= 15 is 0 Å². The molecule has 2 aromatic rings. The van der Waals surface area contributed by atoms with E-state index in [1.165, 1.54) is 0 Å². The fraction of sp³-hybridized carbons (Fsp3) is 0.100. The maximum atomic E-state index is 11.8. The molecule has 6 heteroatoms. The van der Waals surface area contributed by atoms with Gasteiger partial charge in [-0.05, 0) is 34.1 Å². The van der Waals surface area contributed by atoms with Crippen molar-refractivity contribution >= 4 is 27.7 Å². The molecule has 0 fully saturated rings. The molecule has 0 aliphatic rings. The number of halogens is 1. The van der Waals surface area contributed by atoms with E-state index < -0.39 is 0 Å². The summed E-state index contributed by atoms with van der Waals surface area (Å²) in [6.07, 6.45) is 3.36. The minimum Gasteiger partial charge on any atom is -0.345 e. The molecule has 0 bridgehead atoms. The van der Waals surface area contributed by atoms with Gasteiger partial charge in [0, 0.05) is 23.9 Å². The molecule has 0 aliphatic carbocycles. The van der Waals surface area contributed by atoms with E-state index in [2.05, 4.69) is 31.4 Å². The quantitative estimate of drug-likeness (QED) is 0.913. The fourth-order valence-electron chi connectivity index (χ4n) is 1.30. The first-order chi connectivity index (χ1) is 7.66. The first kappa shape index (κ1) is 10.8. The molecule has 5 nitrogen and oxygen atoms in total. The molecule has 2 rings (SSSR count). The van der Waals surface area contributed by atoms with Gasteiger partial charge in [-0.3, -0.25) is 4.79 Å². The number of nitrogens with zero attached hydrogens (tertiary/aromatic N) is 3. The summed E-state index contributed by atoms with van der Waals surface area (Å²) in [6.45, 7) is 0. The number of hydrogen-bond acceptors (Lipinski definition) is 3. The summed E-state index contributed by atoms with van der Waals surface area (Å²) < 4.78 is 2.59. The number of rotatable bonds is 2. The zero-order valence-electron chi connectivity index (χ0n) is 8.51. The number of nitrogens with one attached hydrogen (secondary N) is 1. The SMILES string of the molecule is Cn1cc(Br)cc1C(=O)Nc1cccnn1. The lowest BCUT2D eigenvalue weighted by Crippen LogP contribution is -2.16. The Kier molecular flexibility index (Phi) is 3.00. The maximum absolute atomic E-state index is 11.8. The lowest BCUT2D eigenvalue weighted by molar-refractivity contribution is 0.101. The number of aromatic nitrogens is 3. The van der Waals surface area contributed by atoms with Crippen molar-refractivity contribution in [2.24, 2.45) is 7.05 Å². The van der Waals surface area contributed by atoms with Crippen LogP contribution < -0.4 is 5.32 Å². The highest BCUT2D eigenvalue weighted by Gasteiger charge is 2.11. The standard InChI is InChI=1S/C10H9BrN4O/c1-15-6-7(11)5-8(15)10(16)13-9-3-2-4-12-14-9/h2-6H,1H3,(H,13,14,16). The third kappa shape index (κ3) is 2.27. The summed E-state index contributed by atoms with van der Waals surface area (Å²) in [7, 11) is 1.80. The van der Waals surface area contributed by atoms with E-state index in [0.717, 1.165) is 4.47 Å². The van der Waals surface area contributed by atoms with Crippen LogP contribution in [-0.2, 0) is 7.05 Å². The number of aryl methyl sites for hydroxylation is 1. The van der Waals surface area contributed by atoms with Crippen LogP contribution in [0.25, 0.3) is 0 Å². The number of hydrogen-bond donors (Lipinski definition) is 1. The molecule has 0 spiro atoms. The number of carbonyl (C=O) groups is 1. The molecular weight excluding hydrogens is 272 g/mol. The summed E-state index contributed by atoms with van der Waals surface area (Å²) >= 11 is 3.31. The van der Waals surface area contributed by atoms with E-state index in [1.54, 1.807) is 36.0 Å². The molecular formula is C10H9BrN4O. The summed E-state index contributed by atoms with van der Waals surface area (Å²) in [5.74, 6) is 0.221. The van der Waals surface area contributed by atoms with Crippen molar-refractivity contribution in [3.8, 4) is 0 Å². The van der Waals surface area contributed by atoms with Crippen molar-refractivity contribution < 1.29 is 4.79 Å². The molecule has 0 aromatic carbocycles. The molecule has 1 amide bonds. The van der Waals surface area contributed by atoms with Crippen LogP contribution in [0.4, 0.5) is 5.82 Å². The third-order valence-electron chi connectivity index (χ3n) is 2.02. The van der Waals surface area contributed by atoms with E-state index in [0.29, 0.717) is 11.5 Å². The van der Waals surface area contributed by atoms with Crippen LogP contribution in [0.1, 0.15) is 10.5 Å². The average Bonchev–Trinajstić information content (AvgIpc) is 2.59. The zero-order valence-corrected chi connectivity index (χ0v) is 10.1. The van der Waals surface area contributed by atoms with Gasteiger partial charge in [0.25, 0.3) is 5.91 Å². The van der Waals surface area contributed by atoms with Gasteiger partial charge < -0.3 is 9.88 Å². The molecule has 0 radical (unpaired) electrons. The van der Waals surface area contributed by atoms with Gasteiger partial charge in [-0.25, -0.2) is 0 Å². The molecule has 0 saturated heterocycles. The Morgan fingerprint density at radius 3 is 2.94 bits per heavy atom. The maximum Gasteiger partial charge on any atom is 0.273 e. The highest BCUT2D eigenvalue weighted by molar-refractivity contribution is 9.10. The number of amides is 1. The lowest BCUT2D eigenvalue weighted by atomic mass is 10.4. The molecule has 1 N–H and O–H groups in total. The van der Waals surface area contributed by atoms with Gasteiger partial charge in [-0.2, -0.15) is 5.10 Å². The highest BCUT2D eigenvalue weighted by Crippen LogP contribution is 2.14. The molecule has 0 saturated carbocycles. The third-order valence-corrected chi connectivity index (χ3v) is 2.45. The fourth-order valence-corrected chi connectivity index (χ4v) is 1.82. The van der Waals surface area contributed by atoms with Crippen molar-refractivity contribution in [3.05, 3.63) is 40.8 Å². The Balaban J connectivity index is 2.18. The van der Waals surface area contributed by atoms with Crippen LogP contribution in [-0.4, -0.2) is 20.7 Å². The minimum absolute atomic E-state index is 0.214. The normalized spacial score (nSPS) is 10.1. The minimum atomic E-state index is -0.214. The van der Waals surface area contributed by atoms with Gasteiger partial charge in [0.05, 0.1) is 0 Å². The monoisotopic (exact) mass is 280 g/mol. The predicted octanol–water partition coefficient (Wildman–Crippen LogP) is 1.83. The van der Waals surface area contributed by atoms with Crippen LogP contribution in [0, 0.1) is 0 Å². The van der Waals surface area contributed by atoms with Crippen LogP contribution in [0.15, 0.2) is 35.1 Å². The second kappa shape index (κ2) is 4.44. The molecule has 2 aromatic heterocycles. The Bertz CT molecular complexity index is 509. The van der Waals surface area contributed by atoms with E-state index in [-0.39, 0.29) is 5.91 Å². The lowest BCUT2D eigenvalue weighted by Gasteiger charge is -2.03. The molecule has 2 heterocycles. The predicted molar refractivity (Wildman–Crippen MR) is 63.1 cm³/mol. The van der Waals surface area contributed by atoms with Crippen LogP contribution in [0.5, 0.6) is 0 Å². The Morgan fingerprint density at radius 1 is 1.56 bits per heavy atom. The van der Waals surface area contributed by atoms with Gasteiger partial charge in [0.1, 0.15) is 5.69 Å². The van der Waals surface area contributed by atoms with E-state index in [1.807, 2.05) is 6.20 Å². The largest absolute Gasteiger partial charge is 0.345 e. The van der Waals surface area contributed by atoms with Crippen molar-refractivity contribution in [2.75, 3.05) is 5.32 Å². The molecule has 0 unspecified atom stereocenters. The Morgan fingerprint density at radius 2 is 2.38 bits per heavy atom. The van der Waals surface area contributed by atoms with E-state index in [9.17, 15) is 4.79 Å². The molecule has 16 heavy (non-hydrogen) atoms. The summed E-state index contributed by atoms with van der Waals surface area (Å²) in [4.78, 5) is 11.8. The number of anilines is 1. The first-order valence-corrected chi connectivity index (χ1v) is 5.37. The van der Waals surface area contributed by atoms with Gasteiger partial charge in [-0.15, -0.1) is 5.10 Å². The summed E-state index contributed by atoms with van der Waals surface area (Å²) in [6, 6.07) is 5.14. The van der Waals surface area contributed by atoms with Gasteiger partial charge >= 0.3 is 0 Å². The van der Waals surface area contributed by atoms with Gasteiger partial charge in [-0.1, -0.05) is 0 Å². The van der Waals surface area contributed by atoms with Crippen molar-refractivity contribution in [1.29, 1.82) is 0 Å². The van der Waals surface area contributed by atoms with Crippen LogP contribution >= 0.6 is 15.9 Å². The Hall–Kier alpha value is -1.69. The van der Waals surface area contributed by atoms with Gasteiger partial charge in [0.15, 0.2) is 5.82 Å². The average molecular weight is 281 g/mol. The van der Waals surface area contributed by atoms with Crippen LogP contribution in [0.2, 0.25) is 0 Å². The summed E-state index contributed by atoms with van der Waals surface area (Å²) in [5.41, 5.74) is 0.553. The first-order valence-electron chi connectivity index (χ1n) is 4.58. The molecule has 0 atom stereocenters. The molecule has 0 aliphatic heterocycles. The summed E-state index contributed by atoms with van der Waals surface area (Å²) in [5, 5.41) is 10.1. The second-order valence-electron chi connectivity index (χ2n) is 3.22. The van der Waals surface area contributed by atoms with Crippen molar-refractivity contribution in [1.82, 2.24) is 14.8 Å². The second-order valence-corrected chi connectivity index (χ2v) is 4.13. The Labute approximate surface area is 101 Å². The van der Waals surface area contributed by atoms with Crippen molar-refractivity contribution in [2.45, 2.75) is 0 Å².